The number of aryl methyl sites for hydroxylation is 1. The lowest BCUT2D eigenvalue weighted by Crippen LogP contribution is -2.27. The number of non-ortho nitro benzene ring substituents is 1. The predicted molar refractivity (Wildman–Crippen MR) is 97.3 cm³/mol. The number of ether oxygens (including phenoxy) is 1. The van der Waals surface area contributed by atoms with Crippen LogP contribution in [-0.4, -0.2) is 32.7 Å². The zero-order chi connectivity index (χ0) is 19.4. The van der Waals surface area contributed by atoms with Crippen LogP contribution in [0.1, 0.15) is 16.2 Å². The van der Waals surface area contributed by atoms with Crippen LogP contribution < -0.4 is 10.1 Å². The van der Waals surface area contributed by atoms with Crippen molar-refractivity contribution in [3.8, 4) is 17.1 Å². The molecule has 27 heavy (non-hydrogen) atoms. The summed E-state index contributed by atoms with van der Waals surface area (Å²) >= 11 is 0. The number of aromatic nitrogens is 3. The summed E-state index contributed by atoms with van der Waals surface area (Å²) in [5, 5.41) is 17.9. The molecule has 2 aromatic carbocycles. The van der Waals surface area contributed by atoms with Crippen molar-refractivity contribution in [2.45, 2.75) is 13.6 Å². The molecule has 3 aromatic rings. The van der Waals surface area contributed by atoms with E-state index < -0.39 is 4.92 Å². The Hall–Kier alpha value is -3.75. The van der Waals surface area contributed by atoms with Crippen molar-refractivity contribution in [2.24, 2.45) is 0 Å². The fraction of sp³-hybridized carbons (Fsp3) is 0.167. The van der Waals surface area contributed by atoms with Crippen molar-refractivity contribution in [2.75, 3.05) is 7.11 Å². The standard InChI is InChI=1S/C18H17N5O4/c1-12-20-17(13-3-7-15(8-4-13)23(25)26)21-22(12)11-19-18(24)14-5-9-16(27-2)10-6-14/h3-10H,11H2,1-2H3,(H,19,24). The van der Waals surface area contributed by atoms with E-state index in [4.69, 9.17) is 4.74 Å². The predicted octanol–water partition coefficient (Wildman–Crippen LogP) is 2.56. The van der Waals surface area contributed by atoms with Crippen LogP contribution >= 0.6 is 0 Å². The van der Waals surface area contributed by atoms with Gasteiger partial charge in [-0.2, -0.15) is 0 Å². The fourth-order valence-electron chi connectivity index (χ4n) is 2.42. The van der Waals surface area contributed by atoms with E-state index in [1.54, 1.807) is 55.1 Å². The van der Waals surface area contributed by atoms with E-state index in [1.165, 1.54) is 12.1 Å². The molecule has 0 saturated carbocycles. The third-order valence-corrected chi connectivity index (χ3v) is 3.93. The van der Waals surface area contributed by atoms with Gasteiger partial charge in [0, 0.05) is 23.3 Å². The number of benzene rings is 2. The van der Waals surface area contributed by atoms with Crippen LogP contribution in [0, 0.1) is 17.0 Å². The summed E-state index contributed by atoms with van der Waals surface area (Å²) in [5.74, 6) is 1.47. The molecule has 0 aliphatic rings. The molecule has 0 atom stereocenters. The smallest absolute Gasteiger partial charge is 0.269 e. The van der Waals surface area contributed by atoms with Crippen molar-refractivity contribution >= 4 is 11.6 Å². The summed E-state index contributed by atoms with van der Waals surface area (Å²) in [6, 6.07) is 12.7. The molecule has 138 valence electrons. The largest absolute Gasteiger partial charge is 0.497 e. The summed E-state index contributed by atoms with van der Waals surface area (Å²) in [6.45, 7) is 1.91. The molecule has 0 radical (unpaired) electrons. The lowest BCUT2D eigenvalue weighted by molar-refractivity contribution is -0.384. The number of hydrogen-bond acceptors (Lipinski definition) is 6. The van der Waals surface area contributed by atoms with Crippen LogP contribution in [-0.2, 0) is 6.67 Å². The lowest BCUT2D eigenvalue weighted by atomic mass is 10.2. The van der Waals surface area contributed by atoms with Gasteiger partial charge in [-0.1, -0.05) is 0 Å². The zero-order valence-electron chi connectivity index (χ0n) is 14.7. The molecule has 0 unspecified atom stereocenters. The van der Waals surface area contributed by atoms with E-state index in [1.807, 2.05) is 0 Å². The van der Waals surface area contributed by atoms with Crippen LogP contribution in [0.15, 0.2) is 48.5 Å². The molecule has 1 N–H and O–H groups in total. The van der Waals surface area contributed by atoms with E-state index in [-0.39, 0.29) is 18.3 Å². The quantitative estimate of drug-likeness (QED) is 0.529. The average molecular weight is 367 g/mol. The minimum absolute atomic E-state index is 0.00154. The first-order valence-electron chi connectivity index (χ1n) is 8.06. The second-order valence-corrected chi connectivity index (χ2v) is 5.68. The molecule has 9 heteroatoms. The molecule has 0 bridgehead atoms. The fourth-order valence-corrected chi connectivity index (χ4v) is 2.42. The maximum absolute atomic E-state index is 12.2. The third kappa shape index (κ3) is 4.09. The Balaban J connectivity index is 1.69. The summed E-state index contributed by atoms with van der Waals surface area (Å²) in [5.41, 5.74) is 1.16. The molecule has 1 aromatic heterocycles. The van der Waals surface area contributed by atoms with Gasteiger partial charge in [-0.3, -0.25) is 14.9 Å². The molecule has 0 saturated heterocycles. The summed E-state index contributed by atoms with van der Waals surface area (Å²) < 4.78 is 6.62. The molecule has 0 fully saturated rings. The second-order valence-electron chi connectivity index (χ2n) is 5.68. The minimum atomic E-state index is -0.463. The van der Waals surface area contributed by atoms with Gasteiger partial charge in [-0.15, -0.1) is 5.10 Å². The van der Waals surface area contributed by atoms with E-state index in [9.17, 15) is 14.9 Å². The van der Waals surface area contributed by atoms with Gasteiger partial charge >= 0.3 is 0 Å². The Labute approximate surface area is 154 Å². The Bertz CT molecular complexity index is 964. The van der Waals surface area contributed by atoms with Crippen molar-refractivity contribution < 1.29 is 14.5 Å². The van der Waals surface area contributed by atoms with Gasteiger partial charge in [0.15, 0.2) is 5.82 Å². The first kappa shape index (κ1) is 18.1. The van der Waals surface area contributed by atoms with E-state index >= 15 is 0 Å². The van der Waals surface area contributed by atoms with Gasteiger partial charge in [-0.25, -0.2) is 9.67 Å². The van der Waals surface area contributed by atoms with Gasteiger partial charge < -0.3 is 10.1 Å². The number of nitro benzene ring substituents is 1. The molecular formula is C18H17N5O4. The first-order valence-corrected chi connectivity index (χ1v) is 8.06. The zero-order valence-corrected chi connectivity index (χ0v) is 14.7. The monoisotopic (exact) mass is 367 g/mol. The van der Waals surface area contributed by atoms with Crippen LogP contribution in [0.25, 0.3) is 11.4 Å². The number of nitrogens with one attached hydrogen (secondary N) is 1. The molecule has 1 heterocycles. The number of nitrogens with zero attached hydrogens (tertiary/aromatic N) is 4. The van der Waals surface area contributed by atoms with E-state index in [2.05, 4.69) is 15.4 Å². The maximum atomic E-state index is 12.2. The number of methoxy groups -OCH3 is 1. The highest BCUT2D eigenvalue weighted by molar-refractivity contribution is 5.94. The van der Waals surface area contributed by atoms with Gasteiger partial charge in [-0.05, 0) is 43.3 Å². The Kier molecular flexibility index (Phi) is 5.11. The Morgan fingerprint density at radius 1 is 1.19 bits per heavy atom. The first-order chi connectivity index (χ1) is 13.0. The van der Waals surface area contributed by atoms with Crippen LogP contribution in [0.4, 0.5) is 5.69 Å². The Morgan fingerprint density at radius 3 is 2.44 bits per heavy atom. The SMILES string of the molecule is COc1ccc(C(=O)NCn2nc(-c3ccc([N+](=O)[O-])cc3)nc2C)cc1. The van der Waals surface area contributed by atoms with Gasteiger partial charge in [0.05, 0.1) is 12.0 Å². The van der Waals surface area contributed by atoms with Crippen molar-refractivity contribution in [3.05, 3.63) is 70.0 Å². The molecule has 3 rings (SSSR count). The van der Waals surface area contributed by atoms with Gasteiger partial charge in [0.25, 0.3) is 11.6 Å². The highest BCUT2D eigenvalue weighted by Crippen LogP contribution is 2.19. The normalized spacial score (nSPS) is 10.4. The lowest BCUT2D eigenvalue weighted by Gasteiger charge is -2.07. The summed E-state index contributed by atoms with van der Waals surface area (Å²) in [7, 11) is 1.56. The number of amides is 1. The molecular weight excluding hydrogens is 350 g/mol. The van der Waals surface area contributed by atoms with E-state index in [0.29, 0.717) is 28.5 Å². The van der Waals surface area contributed by atoms with Crippen molar-refractivity contribution in [1.82, 2.24) is 20.1 Å². The van der Waals surface area contributed by atoms with Gasteiger partial charge in [0.2, 0.25) is 0 Å². The summed E-state index contributed by atoms with van der Waals surface area (Å²) in [6.07, 6.45) is 0. The van der Waals surface area contributed by atoms with Crippen LogP contribution in [0.3, 0.4) is 0 Å². The number of carbonyl (C=O) groups is 1. The third-order valence-electron chi connectivity index (χ3n) is 3.93. The minimum Gasteiger partial charge on any atom is -0.497 e. The number of nitro groups is 1. The number of rotatable bonds is 6. The van der Waals surface area contributed by atoms with Crippen molar-refractivity contribution in [3.63, 3.8) is 0 Å². The van der Waals surface area contributed by atoms with E-state index in [0.717, 1.165) is 0 Å². The molecule has 0 aliphatic heterocycles. The maximum Gasteiger partial charge on any atom is 0.269 e. The highest BCUT2D eigenvalue weighted by Gasteiger charge is 2.12. The van der Waals surface area contributed by atoms with Crippen molar-refractivity contribution in [1.29, 1.82) is 0 Å². The topological polar surface area (TPSA) is 112 Å². The number of hydrogen-bond donors (Lipinski definition) is 1. The molecule has 1 amide bonds. The van der Waals surface area contributed by atoms with Crippen LogP contribution in [0.2, 0.25) is 0 Å². The second kappa shape index (κ2) is 7.65. The van der Waals surface area contributed by atoms with Crippen LogP contribution in [0.5, 0.6) is 5.75 Å². The molecule has 0 spiro atoms. The Morgan fingerprint density at radius 2 is 1.85 bits per heavy atom. The number of carbonyl (C=O) groups excluding carboxylic acids is 1. The molecule has 9 nitrogen and oxygen atoms in total. The molecule has 0 aliphatic carbocycles. The average Bonchev–Trinajstić information content (AvgIpc) is 3.07. The summed E-state index contributed by atoms with van der Waals surface area (Å²) in [4.78, 5) is 26.8. The highest BCUT2D eigenvalue weighted by atomic mass is 16.6. The van der Waals surface area contributed by atoms with Gasteiger partial charge in [0.1, 0.15) is 18.2 Å².